The fourth-order valence-electron chi connectivity index (χ4n) is 3.17. The Labute approximate surface area is 187 Å². The molecule has 1 aliphatic rings. The smallest absolute Gasteiger partial charge is 0.475 e. The molecular formula is C20H25F3N6O4. The van der Waals surface area contributed by atoms with Crippen molar-refractivity contribution in [3.63, 3.8) is 0 Å². The Morgan fingerprint density at radius 3 is 2.39 bits per heavy atom. The Morgan fingerprint density at radius 1 is 1.18 bits per heavy atom. The molecule has 2 aromatic heterocycles. The molecule has 1 amide bonds. The molecule has 1 aliphatic heterocycles. The highest BCUT2D eigenvalue weighted by Gasteiger charge is 2.38. The third kappa shape index (κ3) is 7.34. The Morgan fingerprint density at radius 2 is 1.85 bits per heavy atom. The van der Waals surface area contributed by atoms with Crippen LogP contribution in [0.25, 0.3) is 0 Å². The summed E-state index contributed by atoms with van der Waals surface area (Å²) in [7, 11) is 0. The van der Waals surface area contributed by atoms with Gasteiger partial charge in [-0.1, -0.05) is 13.8 Å². The van der Waals surface area contributed by atoms with Crippen molar-refractivity contribution in [2.45, 2.75) is 46.1 Å². The quantitative estimate of drug-likeness (QED) is 0.699. The van der Waals surface area contributed by atoms with Gasteiger partial charge in [-0.05, 0) is 25.6 Å². The van der Waals surface area contributed by atoms with Crippen LogP contribution < -0.4 is 5.56 Å². The second-order valence-corrected chi connectivity index (χ2v) is 7.13. The highest BCUT2D eigenvalue weighted by molar-refractivity contribution is 5.93. The van der Waals surface area contributed by atoms with Crippen LogP contribution in [0.2, 0.25) is 0 Å². The maximum absolute atomic E-state index is 12.7. The number of alkyl halides is 3. The highest BCUT2D eigenvalue weighted by atomic mass is 19.4. The standard InChI is InChI=1S/C18H24N6O2.C2HF3O2/c1-3-22(4-2)12-15-10-17(25)24-9-5-8-23(13-16(24)21-15)18(26)14-6-7-19-20-11-14;3-2(4,5)1(6)7/h6-7,10-11H,3-5,8-9,12-13H2,1-2H3;(H,6,7). The molecule has 0 unspecified atom stereocenters. The van der Waals surface area contributed by atoms with Gasteiger partial charge in [-0.15, -0.1) is 0 Å². The number of rotatable bonds is 5. The van der Waals surface area contributed by atoms with Crippen LogP contribution in [0, 0.1) is 0 Å². The Hall–Kier alpha value is -3.35. The predicted octanol–water partition coefficient (Wildman–Crippen LogP) is 1.55. The summed E-state index contributed by atoms with van der Waals surface area (Å²) in [6.07, 6.45) is -1.40. The Balaban J connectivity index is 0.000000479. The van der Waals surface area contributed by atoms with Crippen molar-refractivity contribution >= 4 is 11.9 Å². The first kappa shape index (κ1) is 25.9. The molecule has 10 nitrogen and oxygen atoms in total. The van der Waals surface area contributed by atoms with E-state index in [9.17, 15) is 22.8 Å². The van der Waals surface area contributed by atoms with Crippen molar-refractivity contribution < 1.29 is 27.9 Å². The Bertz CT molecular complexity index is 1010. The molecule has 0 bridgehead atoms. The molecule has 0 saturated carbocycles. The largest absolute Gasteiger partial charge is 0.490 e. The number of halogens is 3. The summed E-state index contributed by atoms with van der Waals surface area (Å²) in [5.74, 6) is -2.23. The lowest BCUT2D eigenvalue weighted by molar-refractivity contribution is -0.192. The third-order valence-corrected chi connectivity index (χ3v) is 4.92. The number of carboxylic acids is 1. The highest BCUT2D eigenvalue weighted by Crippen LogP contribution is 2.14. The van der Waals surface area contributed by atoms with E-state index in [0.29, 0.717) is 44.0 Å². The lowest BCUT2D eigenvalue weighted by Gasteiger charge is -2.21. The monoisotopic (exact) mass is 470 g/mol. The summed E-state index contributed by atoms with van der Waals surface area (Å²) in [5, 5.41) is 14.6. The maximum Gasteiger partial charge on any atom is 0.490 e. The maximum atomic E-state index is 12.7. The lowest BCUT2D eigenvalue weighted by Crippen LogP contribution is -2.33. The van der Waals surface area contributed by atoms with Gasteiger partial charge in [-0.2, -0.15) is 23.4 Å². The predicted molar refractivity (Wildman–Crippen MR) is 110 cm³/mol. The first-order chi connectivity index (χ1) is 15.6. The van der Waals surface area contributed by atoms with Gasteiger partial charge in [0.05, 0.1) is 30.2 Å². The molecule has 0 atom stereocenters. The minimum atomic E-state index is -5.08. The molecule has 0 spiro atoms. The van der Waals surface area contributed by atoms with Gasteiger partial charge in [0, 0.05) is 25.7 Å². The van der Waals surface area contributed by atoms with Gasteiger partial charge in [0.1, 0.15) is 5.82 Å². The van der Waals surface area contributed by atoms with E-state index in [1.807, 2.05) is 0 Å². The van der Waals surface area contributed by atoms with E-state index in [4.69, 9.17) is 14.9 Å². The van der Waals surface area contributed by atoms with Crippen molar-refractivity contribution in [3.05, 3.63) is 52.0 Å². The van der Waals surface area contributed by atoms with Gasteiger partial charge < -0.3 is 10.0 Å². The molecule has 180 valence electrons. The van der Waals surface area contributed by atoms with Crippen LogP contribution in [0.3, 0.4) is 0 Å². The number of carboxylic acid groups (broad SMARTS) is 1. The minimum absolute atomic E-state index is 0.0444. The molecule has 3 heterocycles. The number of aromatic nitrogens is 4. The zero-order chi connectivity index (χ0) is 24.6. The van der Waals surface area contributed by atoms with Crippen LogP contribution in [0.5, 0.6) is 0 Å². The van der Waals surface area contributed by atoms with Crippen LogP contribution >= 0.6 is 0 Å². The molecule has 0 aromatic carbocycles. The Kier molecular flexibility index (Phi) is 9.02. The zero-order valence-corrected chi connectivity index (χ0v) is 18.2. The molecule has 33 heavy (non-hydrogen) atoms. The fourth-order valence-corrected chi connectivity index (χ4v) is 3.17. The number of aliphatic carboxylic acids is 1. The van der Waals surface area contributed by atoms with E-state index in [0.717, 1.165) is 18.8 Å². The molecule has 0 radical (unpaired) electrons. The number of carbonyl (C=O) groups excluding carboxylic acids is 1. The number of hydrogen-bond acceptors (Lipinski definition) is 7. The number of nitrogens with zero attached hydrogens (tertiary/aromatic N) is 6. The fraction of sp³-hybridized carbons (Fsp3) is 0.500. The topological polar surface area (TPSA) is 122 Å². The summed E-state index contributed by atoms with van der Waals surface area (Å²) in [4.78, 5) is 42.8. The lowest BCUT2D eigenvalue weighted by atomic mass is 10.2. The van der Waals surface area contributed by atoms with E-state index < -0.39 is 12.1 Å². The van der Waals surface area contributed by atoms with Crippen molar-refractivity contribution in [2.75, 3.05) is 19.6 Å². The summed E-state index contributed by atoms with van der Waals surface area (Å²) >= 11 is 0. The average Bonchev–Trinajstić information content (AvgIpc) is 3.00. The normalized spacial score (nSPS) is 13.6. The first-order valence-electron chi connectivity index (χ1n) is 10.2. The van der Waals surface area contributed by atoms with Gasteiger partial charge >= 0.3 is 12.1 Å². The van der Waals surface area contributed by atoms with Crippen LogP contribution in [-0.2, 0) is 24.4 Å². The molecule has 0 saturated heterocycles. The summed E-state index contributed by atoms with van der Waals surface area (Å²) in [5.41, 5.74) is 1.21. The SMILES string of the molecule is CCN(CC)Cc1cc(=O)n2c(n1)CN(C(=O)c1ccnnc1)CCC2.O=C(O)C(F)(F)F. The summed E-state index contributed by atoms with van der Waals surface area (Å²) in [6.45, 7) is 8.08. The number of fused-ring (bicyclic) bond motifs is 1. The molecule has 1 N–H and O–H groups in total. The van der Waals surface area contributed by atoms with Crippen LogP contribution in [0.15, 0.2) is 29.3 Å². The van der Waals surface area contributed by atoms with Crippen molar-refractivity contribution in [1.82, 2.24) is 29.5 Å². The zero-order valence-electron chi connectivity index (χ0n) is 18.2. The molecule has 3 rings (SSSR count). The van der Waals surface area contributed by atoms with Gasteiger partial charge in [0.2, 0.25) is 0 Å². The van der Waals surface area contributed by atoms with Crippen molar-refractivity contribution in [2.24, 2.45) is 0 Å². The first-order valence-corrected chi connectivity index (χ1v) is 10.2. The third-order valence-electron chi connectivity index (χ3n) is 4.92. The number of amides is 1. The molecule has 0 aliphatic carbocycles. The van der Waals surface area contributed by atoms with Crippen LogP contribution in [0.4, 0.5) is 13.2 Å². The van der Waals surface area contributed by atoms with Gasteiger partial charge in [-0.25, -0.2) is 9.78 Å². The minimum Gasteiger partial charge on any atom is -0.475 e. The second-order valence-electron chi connectivity index (χ2n) is 7.13. The van der Waals surface area contributed by atoms with Crippen molar-refractivity contribution in [1.29, 1.82) is 0 Å². The summed E-state index contributed by atoms with van der Waals surface area (Å²) in [6, 6.07) is 3.27. The number of carbonyl (C=O) groups is 2. The second kappa shape index (κ2) is 11.5. The van der Waals surface area contributed by atoms with Crippen LogP contribution in [-0.4, -0.2) is 72.3 Å². The van der Waals surface area contributed by atoms with Gasteiger partial charge in [0.15, 0.2) is 0 Å². The van der Waals surface area contributed by atoms with Crippen LogP contribution in [0.1, 0.15) is 42.1 Å². The van der Waals surface area contributed by atoms with E-state index in [1.165, 1.54) is 12.4 Å². The van der Waals surface area contributed by atoms with E-state index in [-0.39, 0.29) is 11.5 Å². The van der Waals surface area contributed by atoms with Gasteiger partial charge in [0.25, 0.3) is 11.5 Å². The molecule has 0 fully saturated rings. The summed E-state index contributed by atoms with van der Waals surface area (Å²) < 4.78 is 33.4. The van der Waals surface area contributed by atoms with Crippen molar-refractivity contribution in [3.8, 4) is 0 Å². The van der Waals surface area contributed by atoms with E-state index in [2.05, 4.69) is 28.9 Å². The van der Waals surface area contributed by atoms with E-state index in [1.54, 1.807) is 21.6 Å². The number of hydrogen-bond donors (Lipinski definition) is 1. The van der Waals surface area contributed by atoms with Gasteiger partial charge in [-0.3, -0.25) is 19.1 Å². The molecular weight excluding hydrogens is 445 g/mol. The van der Waals surface area contributed by atoms with E-state index >= 15 is 0 Å². The average molecular weight is 470 g/mol. The molecule has 2 aromatic rings. The molecule has 13 heteroatoms.